The number of carbonyl (C=O) groups excluding carboxylic acids is 1. The summed E-state index contributed by atoms with van der Waals surface area (Å²) in [5.41, 5.74) is 1.11. The van der Waals surface area contributed by atoms with Gasteiger partial charge in [-0.25, -0.2) is 0 Å². The number of hydrogen-bond acceptors (Lipinski definition) is 6. The molecule has 3 aliphatic heterocycles. The fourth-order valence-electron chi connectivity index (χ4n) is 4.77. The molecule has 6 heteroatoms. The van der Waals surface area contributed by atoms with Gasteiger partial charge in [-0.1, -0.05) is 36.8 Å². The lowest BCUT2D eigenvalue weighted by Crippen LogP contribution is -2.39. The highest BCUT2D eigenvalue weighted by molar-refractivity contribution is 5.78. The number of fused-ring (bicyclic) bond motifs is 1. The Balaban J connectivity index is 1.33. The zero-order valence-corrected chi connectivity index (χ0v) is 14.8. The Kier molecular flexibility index (Phi) is 4.24. The van der Waals surface area contributed by atoms with Crippen LogP contribution in [0.4, 0.5) is 0 Å². The highest BCUT2D eigenvalue weighted by Crippen LogP contribution is 2.43. The lowest BCUT2D eigenvalue weighted by Gasteiger charge is -2.32. The van der Waals surface area contributed by atoms with Gasteiger partial charge in [0, 0.05) is 12.8 Å². The molecular formula is C20H25NO5. The molecule has 1 aromatic rings. The van der Waals surface area contributed by atoms with Gasteiger partial charge < -0.3 is 14.2 Å². The van der Waals surface area contributed by atoms with E-state index >= 15 is 0 Å². The summed E-state index contributed by atoms with van der Waals surface area (Å²) in [6.45, 7) is 1.49. The minimum Gasteiger partial charge on any atom is -0.464 e. The van der Waals surface area contributed by atoms with Crippen LogP contribution in [-0.4, -0.2) is 48.3 Å². The molecule has 1 aromatic carbocycles. The number of carbonyl (C=O) groups is 1. The van der Waals surface area contributed by atoms with E-state index in [1.54, 1.807) is 5.06 Å². The fourth-order valence-corrected chi connectivity index (χ4v) is 4.77. The van der Waals surface area contributed by atoms with Gasteiger partial charge in [0.15, 0.2) is 5.79 Å². The Morgan fingerprint density at radius 1 is 1.08 bits per heavy atom. The van der Waals surface area contributed by atoms with Crippen molar-refractivity contribution in [2.45, 2.75) is 62.7 Å². The van der Waals surface area contributed by atoms with E-state index in [4.69, 9.17) is 19.0 Å². The number of esters is 1. The van der Waals surface area contributed by atoms with Crippen LogP contribution < -0.4 is 0 Å². The summed E-state index contributed by atoms with van der Waals surface area (Å²) < 4.78 is 17.8. The van der Waals surface area contributed by atoms with Gasteiger partial charge in [-0.15, -0.1) is 0 Å². The fraction of sp³-hybridized carbons (Fsp3) is 0.650. The second kappa shape index (κ2) is 6.60. The number of cyclic esters (lactones) is 1. The van der Waals surface area contributed by atoms with Crippen molar-refractivity contribution in [2.75, 3.05) is 13.2 Å². The quantitative estimate of drug-likeness (QED) is 0.773. The minimum atomic E-state index is -0.432. The van der Waals surface area contributed by atoms with Gasteiger partial charge in [0.05, 0.1) is 25.7 Å². The molecule has 140 valence electrons. The Morgan fingerprint density at radius 3 is 2.69 bits per heavy atom. The van der Waals surface area contributed by atoms with Crippen LogP contribution in [0.2, 0.25) is 0 Å². The summed E-state index contributed by atoms with van der Waals surface area (Å²) in [7, 11) is 0. The Hall–Kier alpha value is -1.47. The monoisotopic (exact) mass is 359 g/mol. The van der Waals surface area contributed by atoms with E-state index in [0.717, 1.165) is 31.2 Å². The van der Waals surface area contributed by atoms with Gasteiger partial charge in [-0.05, 0) is 18.4 Å². The largest absolute Gasteiger partial charge is 0.464 e. The maximum absolute atomic E-state index is 12.3. The summed E-state index contributed by atoms with van der Waals surface area (Å²) in [6, 6.07) is 9.70. The molecule has 3 heterocycles. The van der Waals surface area contributed by atoms with Crippen LogP contribution in [0.5, 0.6) is 0 Å². The van der Waals surface area contributed by atoms with E-state index in [2.05, 4.69) is 0 Å². The zero-order valence-electron chi connectivity index (χ0n) is 14.8. The molecule has 1 saturated carbocycles. The normalized spacial score (nSPS) is 36.4. The van der Waals surface area contributed by atoms with E-state index < -0.39 is 5.79 Å². The van der Waals surface area contributed by atoms with E-state index in [0.29, 0.717) is 19.8 Å². The van der Waals surface area contributed by atoms with Crippen LogP contribution in [-0.2, 0) is 30.4 Å². The lowest BCUT2D eigenvalue weighted by atomic mass is 9.93. The summed E-state index contributed by atoms with van der Waals surface area (Å²) in [4.78, 5) is 18.5. The van der Waals surface area contributed by atoms with Gasteiger partial charge in [0.2, 0.25) is 0 Å². The molecule has 4 aliphatic rings. The smallest absolute Gasteiger partial charge is 0.326 e. The van der Waals surface area contributed by atoms with Gasteiger partial charge in [0.25, 0.3) is 0 Å². The van der Waals surface area contributed by atoms with Crippen molar-refractivity contribution in [1.82, 2.24) is 5.06 Å². The van der Waals surface area contributed by atoms with Crippen molar-refractivity contribution in [2.24, 2.45) is 5.92 Å². The molecule has 0 bridgehead atoms. The van der Waals surface area contributed by atoms with Crippen LogP contribution in [0.1, 0.15) is 37.7 Å². The molecule has 0 N–H and O–H groups in total. The number of ether oxygens (including phenoxy) is 3. The summed E-state index contributed by atoms with van der Waals surface area (Å²) >= 11 is 0. The first kappa shape index (κ1) is 16.7. The van der Waals surface area contributed by atoms with Crippen molar-refractivity contribution in [3.05, 3.63) is 35.9 Å². The van der Waals surface area contributed by atoms with E-state index in [1.165, 1.54) is 6.42 Å². The highest BCUT2D eigenvalue weighted by Gasteiger charge is 2.58. The van der Waals surface area contributed by atoms with E-state index in [9.17, 15) is 4.79 Å². The van der Waals surface area contributed by atoms with Gasteiger partial charge in [0.1, 0.15) is 18.2 Å². The van der Waals surface area contributed by atoms with Gasteiger partial charge >= 0.3 is 5.97 Å². The van der Waals surface area contributed by atoms with Gasteiger partial charge in [-0.2, -0.15) is 5.06 Å². The predicted molar refractivity (Wildman–Crippen MR) is 91.7 cm³/mol. The third kappa shape index (κ3) is 2.85. The molecule has 4 atom stereocenters. The first-order valence-electron chi connectivity index (χ1n) is 9.70. The van der Waals surface area contributed by atoms with Crippen LogP contribution in [0.25, 0.3) is 0 Å². The topological polar surface area (TPSA) is 57.2 Å². The molecule has 6 nitrogen and oxygen atoms in total. The van der Waals surface area contributed by atoms with Crippen molar-refractivity contribution < 1.29 is 23.8 Å². The molecule has 4 fully saturated rings. The molecule has 0 amide bonds. The zero-order chi connectivity index (χ0) is 17.6. The van der Waals surface area contributed by atoms with E-state index in [1.807, 2.05) is 30.3 Å². The summed E-state index contributed by atoms with van der Waals surface area (Å²) in [6.07, 6.45) is 5.10. The predicted octanol–water partition coefficient (Wildman–Crippen LogP) is 2.42. The molecule has 1 spiro atoms. The number of nitrogens with zero attached hydrogens (tertiary/aromatic N) is 1. The second-order valence-electron chi connectivity index (χ2n) is 7.81. The molecule has 0 aromatic heterocycles. The average Bonchev–Trinajstić information content (AvgIpc) is 3.34. The third-order valence-corrected chi connectivity index (χ3v) is 6.09. The molecular weight excluding hydrogens is 334 g/mol. The van der Waals surface area contributed by atoms with Crippen molar-refractivity contribution >= 4 is 5.97 Å². The molecule has 1 aliphatic carbocycles. The molecule has 5 rings (SSSR count). The highest BCUT2D eigenvalue weighted by atomic mass is 16.8. The summed E-state index contributed by atoms with van der Waals surface area (Å²) in [5, 5.41) is 1.79. The molecule has 0 radical (unpaired) electrons. The standard InChI is InChI=1S/C20H25NO5/c22-19-17-15(12-23-19)18(26-21(17)11-14-7-3-1-4-8-14)16-13-24-20(25-16)9-5-2-6-10-20/h1,3-4,7-8,15-18H,2,5-6,9-13H2/t15-,16-,17-,18+/m1/s1. The molecule has 0 unspecified atom stereocenters. The number of rotatable bonds is 3. The van der Waals surface area contributed by atoms with Gasteiger partial charge in [-0.3, -0.25) is 9.63 Å². The van der Waals surface area contributed by atoms with Crippen LogP contribution in [0.3, 0.4) is 0 Å². The van der Waals surface area contributed by atoms with Crippen LogP contribution >= 0.6 is 0 Å². The minimum absolute atomic E-state index is 0.00134. The first-order chi connectivity index (χ1) is 12.7. The second-order valence-corrected chi connectivity index (χ2v) is 7.81. The third-order valence-electron chi connectivity index (χ3n) is 6.09. The van der Waals surface area contributed by atoms with Crippen LogP contribution in [0.15, 0.2) is 30.3 Å². The number of hydroxylamine groups is 2. The molecule has 26 heavy (non-hydrogen) atoms. The summed E-state index contributed by atoms with van der Waals surface area (Å²) in [5.74, 6) is -0.628. The maximum Gasteiger partial charge on any atom is 0.326 e. The van der Waals surface area contributed by atoms with Crippen molar-refractivity contribution in [3.8, 4) is 0 Å². The lowest BCUT2D eigenvalue weighted by molar-refractivity contribution is -0.229. The first-order valence-corrected chi connectivity index (χ1v) is 9.70. The van der Waals surface area contributed by atoms with Crippen LogP contribution in [0, 0.1) is 5.92 Å². The van der Waals surface area contributed by atoms with Crippen molar-refractivity contribution in [1.29, 1.82) is 0 Å². The SMILES string of the molecule is O=C1OC[C@H]2[C@@H]([C@H]3COC4(CCCCC4)O3)ON(Cc3ccccc3)[C@@H]12. The maximum atomic E-state index is 12.3. The molecule has 3 saturated heterocycles. The average molecular weight is 359 g/mol. The number of benzene rings is 1. The Morgan fingerprint density at radius 2 is 1.88 bits per heavy atom. The Labute approximate surface area is 153 Å². The van der Waals surface area contributed by atoms with Crippen molar-refractivity contribution in [3.63, 3.8) is 0 Å². The number of hydrogen-bond donors (Lipinski definition) is 0. The Bertz CT molecular complexity index is 659. The van der Waals surface area contributed by atoms with E-state index in [-0.39, 0.29) is 30.1 Å².